The number of para-hydroxylation sites is 1. The van der Waals surface area contributed by atoms with Gasteiger partial charge in [-0.3, -0.25) is 9.59 Å². The molecule has 0 saturated heterocycles. The van der Waals surface area contributed by atoms with E-state index in [-0.39, 0.29) is 11.8 Å². The molecule has 0 fully saturated rings. The minimum absolute atomic E-state index is 0.172. The van der Waals surface area contributed by atoms with Crippen LogP contribution < -0.4 is 10.6 Å². The van der Waals surface area contributed by atoms with E-state index in [0.717, 1.165) is 16.8 Å². The van der Waals surface area contributed by atoms with Crippen LogP contribution in [0.3, 0.4) is 0 Å². The first-order valence-corrected chi connectivity index (χ1v) is 6.90. The zero-order valence-electron chi connectivity index (χ0n) is 11.7. The Kier molecular flexibility index (Phi) is 3.44. The molecule has 4 heteroatoms. The highest BCUT2D eigenvalue weighted by atomic mass is 16.2. The van der Waals surface area contributed by atoms with Gasteiger partial charge in [-0.2, -0.15) is 0 Å². The first kappa shape index (κ1) is 13.4. The third-order valence-electron chi connectivity index (χ3n) is 3.63. The summed E-state index contributed by atoms with van der Waals surface area (Å²) in [5.41, 5.74) is 3.51. The van der Waals surface area contributed by atoms with Crippen LogP contribution in [-0.2, 0) is 11.2 Å². The van der Waals surface area contributed by atoms with Crippen molar-refractivity contribution in [2.45, 2.75) is 19.4 Å². The van der Waals surface area contributed by atoms with Gasteiger partial charge in [0.2, 0.25) is 5.91 Å². The summed E-state index contributed by atoms with van der Waals surface area (Å²) in [6, 6.07) is 14.4. The van der Waals surface area contributed by atoms with Crippen LogP contribution in [0.15, 0.2) is 48.5 Å². The molecule has 1 heterocycles. The summed E-state index contributed by atoms with van der Waals surface area (Å²) in [5, 5.41) is 5.62. The molecule has 1 aliphatic heterocycles. The fraction of sp³-hybridized carbons (Fsp3) is 0.176. The standard InChI is InChI=1S/C17H16N2O2/c1-11-6-8-12(9-7-11)16(20)19-15-10-13-4-2-3-5-14(13)18-17(15)21/h2-9,15H,10H2,1H3,(H,18,21)(H,19,20). The molecule has 4 nitrogen and oxygen atoms in total. The van der Waals surface area contributed by atoms with Gasteiger partial charge >= 0.3 is 0 Å². The Morgan fingerprint density at radius 1 is 1.14 bits per heavy atom. The molecule has 0 aliphatic carbocycles. The highest BCUT2D eigenvalue weighted by Crippen LogP contribution is 2.22. The van der Waals surface area contributed by atoms with Crippen LogP contribution in [0.4, 0.5) is 5.69 Å². The Labute approximate surface area is 123 Å². The predicted molar refractivity (Wildman–Crippen MR) is 81.2 cm³/mol. The summed E-state index contributed by atoms with van der Waals surface area (Å²) in [5.74, 6) is -0.399. The lowest BCUT2D eigenvalue weighted by Crippen LogP contribution is -2.47. The van der Waals surface area contributed by atoms with Gasteiger partial charge in [-0.1, -0.05) is 35.9 Å². The van der Waals surface area contributed by atoms with Crippen molar-refractivity contribution in [3.05, 3.63) is 65.2 Å². The summed E-state index contributed by atoms with van der Waals surface area (Å²) < 4.78 is 0. The molecule has 2 aromatic rings. The van der Waals surface area contributed by atoms with Gasteiger partial charge in [-0.25, -0.2) is 0 Å². The van der Waals surface area contributed by atoms with E-state index in [2.05, 4.69) is 10.6 Å². The molecule has 21 heavy (non-hydrogen) atoms. The lowest BCUT2D eigenvalue weighted by molar-refractivity contribution is -0.118. The Morgan fingerprint density at radius 3 is 2.62 bits per heavy atom. The van der Waals surface area contributed by atoms with Gasteiger partial charge in [0, 0.05) is 17.7 Å². The number of carbonyl (C=O) groups is 2. The van der Waals surface area contributed by atoms with Gasteiger partial charge in [-0.05, 0) is 30.7 Å². The number of hydrogen-bond acceptors (Lipinski definition) is 2. The number of carbonyl (C=O) groups excluding carboxylic acids is 2. The van der Waals surface area contributed by atoms with Gasteiger partial charge in [0.25, 0.3) is 5.91 Å². The highest BCUT2D eigenvalue weighted by molar-refractivity contribution is 6.03. The largest absolute Gasteiger partial charge is 0.340 e. The van der Waals surface area contributed by atoms with Crippen LogP contribution in [-0.4, -0.2) is 17.9 Å². The fourth-order valence-electron chi connectivity index (χ4n) is 2.42. The van der Waals surface area contributed by atoms with Crippen molar-refractivity contribution >= 4 is 17.5 Å². The van der Waals surface area contributed by atoms with Crippen molar-refractivity contribution in [3.63, 3.8) is 0 Å². The molecule has 0 spiro atoms. The van der Waals surface area contributed by atoms with E-state index in [1.165, 1.54) is 0 Å². The van der Waals surface area contributed by atoms with E-state index < -0.39 is 6.04 Å². The molecule has 1 aliphatic rings. The minimum atomic E-state index is -0.534. The average molecular weight is 280 g/mol. The molecule has 0 radical (unpaired) electrons. The van der Waals surface area contributed by atoms with Crippen LogP contribution in [0.25, 0.3) is 0 Å². The number of nitrogens with one attached hydrogen (secondary N) is 2. The summed E-state index contributed by atoms with van der Waals surface area (Å²) in [7, 11) is 0. The average Bonchev–Trinajstić information content (AvgIpc) is 2.48. The van der Waals surface area contributed by atoms with Crippen LogP contribution in [0.5, 0.6) is 0 Å². The van der Waals surface area contributed by atoms with Crippen LogP contribution in [0, 0.1) is 6.92 Å². The third-order valence-corrected chi connectivity index (χ3v) is 3.63. The van der Waals surface area contributed by atoms with Gasteiger partial charge in [-0.15, -0.1) is 0 Å². The van der Waals surface area contributed by atoms with E-state index in [9.17, 15) is 9.59 Å². The number of aryl methyl sites for hydroxylation is 1. The molecule has 0 aromatic heterocycles. The predicted octanol–water partition coefficient (Wildman–Crippen LogP) is 2.29. The van der Waals surface area contributed by atoms with E-state index in [1.54, 1.807) is 12.1 Å². The Morgan fingerprint density at radius 2 is 1.86 bits per heavy atom. The van der Waals surface area contributed by atoms with Crippen LogP contribution >= 0.6 is 0 Å². The molecule has 3 rings (SSSR count). The van der Waals surface area contributed by atoms with Crippen molar-refractivity contribution in [1.29, 1.82) is 0 Å². The summed E-state index contributed by atoms with van der Waals surface area (Å²) in [4.78, 5) is 24.2. The zero-order valence-corrected chi connectivity index (χ0v) is 11.7. The SMILES string of the molecule is Cc1ccc(C(=O)NC2Cc3ccccc3NC2=O)cc1. The Bertz CT molecular complexity index is 692. The molecule has 106 valence electrons. The number of amides is 2. The first-order valence-electron chi connectivity index (χ1n) is 6.90. The molecule has 2 N–H and O–H groups in total. The second-order valence-corrected chi connectivity index (χ2v) is 5.24. The molecule has 0 saturated carbocycles. The van der Waals surface area contributed by atoms with Crippen molar-refractivity contribution in [1.82, 2.24) is 5.32 Å². The molecule has 1 atom stereocenters. The maximum atomic E-state index is 12.2. The minimum Gasteiger partial charge on any atom is -0.340 e. The monoisotopic (exact) mass is 280 g/mol. The molecule has 2 aromatic carbocycles. The Balaban J connectivity index is 1.75. The number of benzene rings is 2. The second-order valence-electron chi connectivity index (χ2n) is 5.24. The topological polar surface area (TPSA) is 58.2 Å². The number of fused-ring (bicyclic) bond motifs is 1. The summed E-state index contributed by atoms with van der Waals surface area (Å²) in [6.07, 6.45) is 0.514. The van der Waals surface area contributed by atoms with Gasteiger partial charge in [0.1, 0.15) is 6.04 Å². The molecular formula is C17H16N2O2. The number of anilines is 1. The van der Waals surface area contributed by atoms with Gasteiger partial charge in [0.05, 0.1) is 0 Å². The smallest absolute Gasteiger partial charge is 0.251 e. The van der Waals surface area contributed by atoms with Gasteiger partial charge in [0.15, 0.2) is 0 Å². The van der Waals surface area contributed by atoms with E-state index >= 15 is 0 Å². The zero-order chi connectivity index (χ0) is 14.8. The summed E-state index contributed by atoms with van der Waals surface area (Å²) in [6.45, 7) is 1.97. The van der Waals surface area contributed by atoms with E-state index in [4.69, 9.17) is 0 Å². The molecule has 2 amide bonds. The molecule has 0 bridgehead atoms. The second kappa shape index (κ2) is 5.40. The summed E-state index contributed by atoms with van der Waals surface area (Å²) >= 11 is 0. The normalized spacial score (nSPS) is 16.8. The molecular weight excluding hydrogens is 264 g/mol. The van der Waals surface area contributed by atoms with Crippen LogP contribution in [0.2, 0.25) is 0 Å². The third kappa shape index (κ3) is 2.79. The maximum absolute atomic E-state index is 12.2. The maximum Gasteiger partial charge on any atom is 0.251 e. The molecule has 1 unspecified atom stereocenters. The number of rotatable bonds is 2. The van der Waals surface area contributed by atoms with Crippen molar-refractivity contribution in [2.24, 2.45) is 0 Å². The van der Waals surface area contributed by atoms with Crippen molar-refractivity contribution < 1.29 is 9.59 Å². The lowest BCUT2D eigenvalue weighted by Gasteiger charge is -2.25. The van der Waals surface area contributed by atoms with E-state index in [0.29, 0.717) is 12.0 Å². The van der Waals surface area contributed by atoms with Crippen molar-refractivity contribution in [2.75, 3.05) is 5.32 Å². The highest BCUT2D eigenvalue weighted by Gasteiger charge is 2.27. The Hall–Kier alpha value is -2.62. The fourth-order valence-corrected chi connectivity index (χ4v) is 2.42. The van der Waals surface area contributed by atoms with Gasteiger partial charge < -0.3 is 10.6 Å². The lowest BCUT2D eigenvalue weighted by atomic mass is 9.98. The number of hydrogen-bond donors (Lipinski definition) is 2. The quantitative estimate of drug-likeness (QED) is 0.886. The van der Waals surface area contributed by atoms with E-state index in [1.807, 2.05) is 43.3 Å². The van der Waals surface area contributed by atoms with Crippen molar-refractivity contribution in [3.8, 4) is 0 Å². The van der Waals surface area contributed by atoms with Crippen LogP contribution in [0.1, 0.15) is 21.5 Å². The first-order chi connectivity index (χ1) is 10.1.